The molecule has 1 aromatic carbocycles. The number of piperidine rings is 1. The first-order valence-electron chi connectivity index (χ1n) is 7.83. The van der Waals surface area contributed by atoms with Gasteiger partial charge in [0.15, 0.2) is 0 Å². The number of hydrogen-bond donors (Lipinski definition) is 0. The molecule has 1 saturated heterocycles. The van der Waals surface area contributed by atoms with Crippen molar-refractivity contribution >= 4 is 6.08 Å². The molecule has 0 N–H and O–H groups in total. The Morgan fingerprint density at radius 3 is 2.75 bits per heavy atom. The highest BCUT2D eigenvalue weighted by Crippen LogP contribution is 2.15. The molecular weight excluding hydrogens is 246 g/mol. The number of allylic oxidation sites excluding steroid dienone is 1. The summed E-state index contributed by atoms with van der Waals surface area (Å²) in [6.07, 6.45) is 8.24. The lowest BCUT2D eigenvalue weighted by molar-refractivity contribution is 0.0684. The molecule has 1 unspecified atom stereocenters. The number of nitrogens with zero attached hydrogens (tertiary/aromatic N) is 1. The van der Waals surface area contributed by atoms with E-state index in [0.717, 1.165) is 25.8 Å². The summed E-state index contributed by atoms with van der Waals surface area (Å²) >= 11 is 0. The molecule has 20 heavy (non-hydrogen) atoms. The Bertz CT molecular complexity index is 410. The van der Waals surface area contributed by atoms with Crippen LogP contribution in [0.15, 0.2) is 30.3 Å². The van der Waals surface area contributed by atoms with Gasteiger partial charge in [-0.1, -0.05) is 42.8 Å². The van der Waals surface area contributed by atoms with Gasteiger partial charge in [0.05, 0.1) is 13.2 Å². The van der Waals surface area contributed by atoms with Gasteiger partial charge >= 0.3 is 0 Å². The number of rotatable bonds is 6. The molecule has 1 aliphatic rings. The largest absolute Gasteiger partial charge is 0.375 e. The molecule has 1 aliphatic heterocycles. The van der Waals surface area contributed by atoms with Crippen LogP contribution in [0.1, 0.15) is 44.2 Å². The first-order valence-corrected chi connectivity index (χ1v) is 7.83. The molecular formula is C18H27NO. The van der Waals surface area contributed by atoms with E-state index in [1.807, 2.05) is 6.92 Å². The van der Waals surface area contributed by atoms with Gasteiger partial charge in [0.25, 0.3) is 0 Å². The zero-order valence-corrected chi connectivity index (χ0v) is 12.8. The quantitative estimate of drug-likeness (QED) is 0.723. The van der Waals surface area contributed by atoms with Gasteiger partial charge in [-0.3, -0.25) is 4.90 Å². The van der Waals surface area contributed by atoms with Crippen molar-refractivity contribution in [2.45, 2.75) is 45.8 Å². The lowest BCUT2D eigenvalue weighted by Gasteiger charge is -2.33. The van der Waals surface area contributed by atoms with Crippen LogP contribution < -0.4 is 0 Å². The Morgan fingerprint density at radius 2 is 2.05 bits per heavy atom. The highest BCUT2D eigenvalue weighted by Gasteiger charge is 2.17. The predicted molar refractivity (Wildman–Crippen MR) is 85.7 cm³/mol. The predicted octanol–water partition coefficient (Wildman–Crippen LogP) is 4.11. The van der Waals surface area contributed by atoms with E-state index in [4.69, 9.17) is 4.74 Å². The maximum atomic E-state index is 5.81. The molecule has 2 nitrogen and oxygen atoms in total. The van der Waals surface area contributed by atoms with Crippen LogP contribution in [0.25, 0.3) is 6.08 Å². The summed E-state index contributed by atoms with van der Waals surface area (Å²) < 4.78 is 5.81. The molecule has 1 atom stereocenters. The van der Waals surface area contributed by atoms with Gasteiger partial charge < -0.3 is 4.74 Å². The summed E-state index contributed by atoms with van der Waals surface area (Å²) in [6, 6.07) is 9.32. The molecule has 0 bridgehead atoms. The Labute approximate surface area is 123 Å². The van der Waals surface area contributed by atoms with Crippen LogP contribution in [0.2, 0.25) is 0 Å². The molecule has 0 aromatic heterocycles. The monoisotopic (exact) mass is 273 g/mol. The molecule has 1 heterocycles. The molecule has 0 radical (unpaired) electrons. The second kappa shape index (κ2) is 8.23. The van der Waals surface area contributed by atoms with Crippen LogP contribution >= 0.6 is 0 Å². The summed E-state index contributed by atoms with van der Waals surface area (Å²) in [5.74, 6) is 0. The Balaban J connectivity index is 1.67. The highest BCUT2D eigenvalue weighted by molar-refractivity contribution is 5.49. The average Bonchev–Trinajstić information content (AvgIpc) is 2.47. The van der Waals surface area contributed by atoms with Gasteiger partial charge in [-0.2, -0.15) is 0 Å². The minimum absolute atomic E-state index is 0.721. The van der Waals surface area contributed by atoms with Crippen LogP contribution in [0.4, 0.5) is 0 Å². The van der Waals surface area contributed by atoms with Crippen molar-refractivity contribution in [3.8, 4) is 0 Å². The van der Waals surface area contributed by atoms with E-state index in [9.17, 15) is 0 Å². The SMILES string of the molecule is CC=Cc1ccc(COCCN2CCCCC2C)cc1. The van der Waals surface area contributed by atoms with Crippen molar-refractivity contribution in [2.75, 3.05) is 19.7 Å². The molecule has 110 valence electrons. The number of benzene rings is 1. The molecule has 2 rings (SSSR count). The summed E-state index contributed by atoms with van der Waals surface area (Å²) in [5, 5.41) is 0. The zero-order valence-electron chi connectivity index (χ0n) is 12.8. The minimum Gasteiger partial charge on any atom is -0.375 e. The zero-order chi connectivity index (χ0) is 14.2. The van der Waals surface area contributed by atoms with Gasteiger partial charge in [0, 0.05) is 12.6 Å². The third kappa shape index (κ3) is 4.77. The van der Waals surface area contributed by atoms with Crippen LogP contribution in [-0.4, -0.2) is 30.6 Å². The first kappa shape index (κ1) is 15.3. The van der Waals surface area contributed by atoms with Gasteiger partial charge in [-0.05, 0) is 44.4 Å². The van der Waals surface area contributed by atoms with E-state index in [1.165, 1.54) is 36.9 Å². The normalized spacial score (nSPS) is 20.6. The van der Waals surface area contributed by atoms with E-state index >= 15 is 0 Å². The maximum absolute atomic E-state index is 5.81. The fraction of sp³-hybridized carbons (Fsp3) is 0.556. The van der Waals surface area contributed by atoms with Crippen molar-refractivity contribution in [1.29, 1.82) is 0 Å². The third-order valence-electron chi connectivity index (χ3n) is 4.07. The fourth-order valence-electron chi connectivity index (χ4n) is 2.78. The van der Waals surface area contributed by atoms with Crippen molar-refractivity contribution in [3.05, 3.63) is 41.5 Å². The second-order valence-electron chi connectivity index (χ2n) is 5.67. The van der Waals surface area contributed by atoms with E-state index in [-0.39, 0.29) is 0 Å². The molecule has 0 aliphatic carbocycles. The van der Waals surface area contributed by atoms with Crippen molar-refractivity contribution < 1.29 is 4.74 Å². The van der Waals surface area contributed by atoms with Crippen molar-refractivity contribution in [1.82, 2.24) is 4.90 Å². The van der Waals surface area contributed by atoms with Crippen LogP contribution in [0, 0.1) is 0 Å². The molecule has 1 aromatic rings. The Hall–Kier alpha value is -1.12. The van der Waals surface area contributed by atoms with Gasteiger partial charge in [0.1, 0.15) is 0 Å². The highest BCUT2D eigenvalue weighted by atomic mass is 16.5. The van der Waals surface area contributed by atoms with Crippen molar-refractivity contribution in [3.63, 3.8) is 0 Å². The summed E-state index contributed by atoms with van der Waals surface area (Å²) in [6.45, 7) is 8.23. The van der Waals surface area contributed by atoms with Crippen molar-refractivity contribution in [2.24, 2.45) is 0 Å². The van der Waals surface area contributed by atoms with E-state index in [0.29, 0.717) is 0 Å². The number of ether oxygens (including phenoxy) is 1. The van der Waals surface area contributed by atoms with Gasteiger partial charge in [-0.15, -0.1) is 0 Å². The Kier molecular flexibility index (Phi) is 6.28. The van der Waals surface area contributed by atoms with Crippen LogP contribution in [-0.2, 0) is 11.3 Å². The molecule has 2 heteroatoms. The lowest BCUT2D eigenvalue weighted by Crippen LogP contribution is -2.39. The third-order valence-corrected chi connectivity index (χ3v) is 4.07. The molecule has 1 fully saturated rings. The summed E-state index contributed by atoms with van der Waals surface area (Å²) in [4.78, 5) is 2.55. The van der Waals surface area contributed by atoms with E-state index in [1.54, 1.807) is 0 Å². The average molecular weight is 273 g/mol. The van der Waals surface area contributed by atoms with Crippen LogP contribution in [0.5, 0.6) is 0 Å². The Morgan fingerprint density at radius 1 is 1.25 bits per heavy atom. The fourth-order valence-corrected chi connectivity index (χ4v) is 2.78. The minimum atomic E-state index is 0.721. The number of likely N-dealkylation sites (tertiary alicyclic amines) is 1. The summed E-state index contributed by atoms with van der Waals surface area (Å²) in [5.41, 5.74) is 2.50. The van der Waals surface area contributed by atoms with E-state index in [2.05, 4.69) is 48.2 Å². The van der Waals surface area contributed by atoms with Gasteiger partial charge in [-0.25, -0.2) is 0 Å². The molecule has 0 saturated carbocycles. The number of hydrogen-bond acceptors (Lipinski definition) is 2. The second-order valence-corrected chi connectivity index (χ2v) is 5.67. The molecule has 0 spiro atoms. The van der Waals surface area contributed by atoms with E-state index < -0.39 is 0 Å². The van der Waals surface area contributed by atoms with Gasteiger partial charge in [0.2, 0.25) is 0 Å². The summed E-state index contributed by atoms with van der Waals surface area (Å²) in [7, 11) is 0. The topological polar surface area (TPSA) is 12.5 Å². The standard InChI is InChI=1S/C18H27NO/c1-3-6-17-8-10-18(11-9-17)15-20-14-13-19-12-5-4-7-16(19)2/h3,6,8-11,16H,4-5,7,12-15H2,1-2H3. The lowest BCUT2D eigenvalue weighted by atomic mass is 10.0. The van der Waals surface area contributed by atoms with Crippen LogP contribution in [0.3, 0.4) is 0 Å². The smallest absolute Gasteiger partial charge is 0.0717 e. The first-order chi connectivity index (χ1) is 9.79. The molecule has 0 amide bonds. The maximum Gasteiger partial charge on any atom is 0.0717 e.